The van der Waals surface area contributed by atoms with Crippen molar-refractivity contribution in [3.8, 4) is 5.75 Å². The van der Waals surface area contributed by atoms with Gasteiger partial charge in [-0.05, 0) is 42.5 Å². The Labute approximate surface area is 213 Å². The number of sulfonamides is 1. The topological polar surface area (TPSA) is 78.9 Å². The van der Waals surface area contributed by atoms with Crippen LogP contribution in [-0.2, 0) is 23.0 Å². The van der Waals surface area contributed by atoms with E-state index in [1.54, 1.807) is 0 Å². The minimum atomic E-state index is -3.12. The number of halogens is 1. The molecule has 0 N–H and O–H groups in total. The number of piperidine rings is 1. The van der Waals surface area contributed by atoms with Crippen molar-refractivity contribution in [1.29, 1.82) is 0 Å². The quantitative estimate of drug-likeness (QED) is 0.555. The highest BCUT2D eigenvalue weighted by Crippen LogP contribution is 2.40. The second-order valence-corrected chi connectivity index (χ2v) is 12.3. The lowest BCUT2D eigenvalue weighted by Gasteiger charge is -2.39. The van der Waals surface area contributed by atoms with Gasteiger partial charge in [0.2, 0.25) is 16.0 Å². The van der Waals surface area contributed by atoms with Crippen molar-refractivity contribution in [3.05, 3.63) is 46.7 Å². The number of nitrogens with zero attached hydrogens (tertiary/aromatic N) is 5. The molecule has 190 valence electrons. The number of aryl methyl sites for hydroxylation is 1. The van der Waals surface area contributed by atoms with Crippen LogP contribution in [0.15, 0.2) is 30.6 Å². The SMILES string of the molecule is CCc1cnc(N2C3CCC2CC(Oc2ccc(CN4CCN(S(C)(=O)=O)CC4)cc2Cl)C3)nc1. The fraction of sp³-hybridized carbons (Fsp3) is 0.600. The molecule has 8 nitrogen and oxygen atoms in total. The van der Waals surface area contributed by atoms with Gasteiger partial charge in [0, 0.05) is 70.0 Å². The molecule has 0 amide bonds. The van der Waals surface area contributed by atoms with Gasteiger partial charge in [-0.25, -0.2) is 18.4 Å². The van der Waals surface area contributed by atoms with Crippen LogP contribution in [0.2, 0.25) is 5.02 Å². The van der Waals surface area contributed by atoms with E-state index in [4.69, 9.17) is 16.3 Å². The average Bonchev–Trinajstić information content (AvgIpc) is 3.10. The van der Waals surface area contributed by atoms with Crippen molar-refractivity contribution in [2.75, 3.05) is 37.3 Å². The van der Waals surface area contributed by atoms with Gasteiger partial charge in [-0.3, -0.25) is 4.90 Å². The summed E-state index contributed by atoms with van der Waals surface area (Å²) in [6, 6.07) is 6.82. The molecule has 0 spiro atoms. The molecule has 3 saturated heterocycles. The lowest BCUT2D eigenvalue weighted by molar-refractivity contribution is 0.149. The molecule has 2 aromatic rings. The normalized spacial score (nSPS) is 25.7. The predicted octanol–water partition coefficient (Wildman–Crippen LogP) is 3.35. The molecule has 2 unspecified atom stereocenters. The van der Waals surface area contributed by atoms with E-state index < -0.39 is 10.0 Å². The smallest absolute Gasteiger partial charge is 0.225 e. The first-order valence-corrected chi connectivity index (χ1v) is 14.7. The maximum atomic E-state index is 11.7. The van der Waals surface area contributed by atoms with Crippen LogP contribution in [-0.4, -0.2) is 78.2 Å². The van der Waals surface area contributed by atoms with E-state index in [-0.39, 0.29) is 6.10 Å². The van der Waals surface area contributed by atoms with E-state index in [1.807, 2.05) is 24.5 Å². The number of hydrogen-bond acceptors (Lipinski definition) is 7. The summed E-state index contributed by atoms with van der Waals surface area (Å²) in [6.45, 7) is 5.36. The standard InChI is InChI=1S/C25H34ClN5O3S/c1-3-18-15-27-25(28-16-18)31-20-5-6-21(31)14-22(13-20)34-24-7-4-19(12-23(24)26)17-29-8-10-30(11-9-29)35(2,32)33/h4,7,12,15-16,20-22H,3,5-6,8-11,13-14,17H2,1-2H3. The predicted molar refractivity (Wildman–Crippen MR) is 137 cm³/mol. The monoisotopic (exact) mass is 519 g/mol. The first-order chi connectivity index (χ1) is 16.8. The van der Waals surface area contributed by atoms with Crippen LogP contribution in [0, 0.1) is 0 Å². The van der Waals surface area contributed by atoms with E-state index in [1.165, 1.54) is 10.6 Å². The molecule has 35 heavy (non-hydrogen) atoms. The van der Waals surface area contributed by atoms with Crippen molar-refractivity contribution in [1.82, 2.24) is 19.2 Å². The van der Waals surface area contributed by atoms with Crippen molar-refractivity contribution >= 4 is 27.6 Å². The van der Waals surface area contributed by atoms with E-state index in [2.05, 4.69) is 32.8 Å². The minimum Gasteiger partial charge on any atom is -0.489 e. The molecule has 1 aromatic carbocycles. The van der Waals surface area contributed by atoms with Gasteiger partial charge in [0.05, 0.1) is 11.3 Å². The molecular formula is C25H34ClN5O3S. The number of anilines is 1. The fourth-order valence-corrected chi connectivity index (χ4v) is 6.68. The first-order valence-electron chi connectivity index (χ1n) is 12.5. The first kappa shape index (κ1) is 24.7. The summed E-state index contributed by atoms with van der Waals surface area (Å²) >= 11 is 6.63. The summed E-state index contributed by atoms with van der Waals surface area (Å²) in [6.07, 6.45) is 10.4. The fourth-order valence-electron chi connectivity index (χ4n) is 5.61. The maximum absolute atomic E-state index is 11.7. The summed E-state index contributed by atoms with van der Waals surface area (Å²) in [5, 5.41) is 0.630. The zero-order valence-electron chi connectivity index (χ0n) is 20.4. The number of piperazine rings is 1. The summed E-state index contributed by atoms with van der Waals surface area (Å²) in [4.78, 5) is 13.9. The lowest BCUT2D eigenvalue weighted by atomic mass is 10.00. The Morgan fingerprint density at radius 2 is 1.69 bits per heavy atom. The number of hydrogen-bond donors (Lipinski definition) is 0. The van der Waals surface area contributed by atoms with Gasteiger partial charge in [0.1, 0.15) is 11.9 Å². The molecule has 2 atom stereocenters. The highest BCUT2D eigenvalue weighted by molar-refractivity contribution is 7.88. The third-order valence-electron chi connectivity index (χ3n) is 7.52. The Morgan fingerprint density at radius 3 is 2.26 bits per heavy atom. The Bertz CT molecular complexity index is 1120. The second-order valence-electron chi connectivity index (χ2n) is 9.95. The van der Waals surface area contributed by atoms with E-state index in [0.717, 1.165) is 74.6 Å². The average molecular weight is 520 g/mol. The lowest BCUT2D eigenvalue weighted by Crippen LogP contribution is -2.47. The van der Waals surface area contributed by atoms with Crippen LogP contribution in [0.1, 0.15) is 43.7 Å². The van der Waals surface area contributed by atoms with Gasteiger partial charge >= 0.3 is 0 Å². The molecular weight excluding hydrogens is 486 g/mol. The maximum Gasteiger partial charge on any atom is 0.225 e. The molecule has 0 aliphatic carbocycles. The third-order valence-corrected chi connectivity index (χ3v) is 9.12. The number of ether oxygens (including phenoxy) is 1. The van der Waals surface area contributed by atoms with E-state index >= 15 is 0 Å². The molecule has 1 aromatic heterocycles. The molecule has 0 saturated carbocycles. The van der Waals surface area contributed by atoms with Gasteiger partial charge in [-0.15, -0.1) is 0 Å². The number of benzene rings is 1. The number of fused-ring (bicyclic) bond motifs is 2. The highest BCUT2D eigenvalue weighted by Gasteiger charge is 2.43. The van der Waals surface area contributed by atoms with Crippen LogP contribution in [0.25, 0.3) is 0 Å². The van der Waals surface area contributed by atoms with Crippen molar-refractivity contribution in [2.24, 2.45) is 0 Å². The second kappa shape index (κ2) is 10.2. The molecule has 2 bridgehead atoms. The third kappa shape index (κ3) is 5.58. The van der Waals surface area contributed by atoms with Crippen LogP contribution in [0.5, 0.6) is 5.75 Å². The van der Waals surface area contributed by atoms with Crippen LogP contribution < -0.4 is 9.64 Å². The Kier molecular flexibility index (Phi) is 7.21. The summed E-state index contributed by atoms with van der Waals surface area (Å²) in [5.74, 6) is 1.58. The molecule has 4 heterocycles. The van der Waals surface area contributed by atoms with Gasteiger partial charge in [0.15, 0.2) is 0 Å². The molecule has 3 aliphatic rings. The number of rotatable bonds is 7. The number of aromatic nitrogens is 2. The van der Waals surface area contributed by atoms with Gasteiger partial charge < -0.3 is 9.64 Å². The highest BCUT2D eigenvalue weighted by atomic mass is 35.5. The van der Waals surface area contributed by atoms with Crippen molar-refractivity contribution < 1.29 is 13.2 Å². The minimum absolute atomic E-state index is 0.131. The van der Waals surface area contributed by atoms with Crippen LogP contribution in [0.4, 0.5) is 5.95 Å². The Morgan fingerprint density at radius 1 is 1.03 bits per heavy atom. The van der Waals surface area contributed by atoms with Crippen LogP contribution in [0.3, 0.4) is 0 Å². The summed E-state index contributed by atoms with van der Waals surface area (Å²) < 4.78 is 31.4. The Hall–Kier alpha value is -1.94. The van der Waals surface area contributed by atoms with Crippen molar-refractivity contribution in [2.45, 2.75) is 63.8 Å². The zero-order valence-corrected chi connectivity index (χ0v) is 22.0. The molecule has 0 radical (unpaired) electrons. The van der Waals surface area contributed by atoms with Crippen LogP contribution >= 0.6 is 11.6 Å². The molecule has 3 fully saturated rings. The van der Waals surface area contributed by atoms with Gasteiger partial charge in [0.25, 0.3) is 0 Å². The van der Waals surface area contributed by atoms with Gasteiger partial charge in [-0.1, -0.05) is 24.6 Å². The van der Waals surface area contributed by atoms with E-state index in [9.17, 15) is 8.42 Å². The summed E-state index contributed by atoms with van der Waals surface area (Å²) in [7, 11) is -3.12. The molecule has 5 rings (SSSR count). The largest absolute Gasteiger partial charge is 0.489 e. The Balaban J connectivity index is 1.17. The van der Waals surface area contributed by atoms with E-state index in [0.29, 0.717) is 30.2 Å². The van der Waals surface area contributed by atoms with Gasteiger partial charge in [-0.2, -0.15) is 4.31 Å². The molecule has 3 aliphatic heterocycles. The summed E-state index contributed by atoms with van der Waals surface area (Å²) in [5.41, 5.74) is 2.27. The molecule has 10 heteroatoms. The zero-order chi connectivity index (χ0) is 24.6. The van der Waals surface area contributed by atoms with Crippen molar-refractivity contribution in [3.63, 3.8) is 0 Å².